The molecular formula is C12H19NO4. The highest BCUT2D eigenvalue weighted by Gasteiger charge is 2.29. The Labute approximate surface area is 101 Å². The van der Waals surface area contributed by atoms with E-state index in [2.05, 4.69) is 11.9 Å². The van der Waals surface area contributed by atoms with Crippen molar-refractivity contribution in [3.05, 3.63) is 12.7 Å². The summed E-state index contributed by atoms with van der Waals surface area (Å²) in [5.41, 5.74) is 0. The number of allylic oxidation sites excluding steroid dienone is 1. The van der Waals surface area contributed by atoms with E-state index in [-0.39, 0.29) is 6.10 Å². The molecule has 1 fully saturated rings. The standard InChI is InChI=1S/C12H19NO4/c1-2-3-5-9-6-4-7-10(9)17-12(16)13-8-11(14)15/h2,9-10H,1,3-8H2,(H,13,16)(H,14,15). The molecule has 0 heterocycles. The number of carboxylic acids is 1. The minimum Gasteiger partial charge on any atom is -0.480 e. The lowest BCUT2D eigenvalue weighted by Gasteiger charge is -2.19. The number of hydrogen-bond acceptors (Lipinski definition) is 3. The van der Waals surface area contributed by atoms with E-state index in [1.165, 1.54) is 0 Å². The van der Waals surface area contributed by atoms with E-state index in [1.807, 2.05) is 6.08 Å². The van der Waals surface area contributed by atoms with E-state index in [4.69, 9.17) is 9.84 Å². The lowest BCUT2D eigenvalue weighted by molar-refractivity contribution is -0.135. The zero-order valence-electron chi connectivity index (χ0n) is 9.85. The third-order valence-corrected chi connectivity index (χ3v) is 2.97. The number of carbonyl (C=O) groups excluding carboxylic acids is 1. The van der Waals surface area contributed by atoms with Crippen LogP contribution in [0.4, 0.5) is 4.79 Å². The van der Waals surface area contributed by atoms with Gasteiger partial charge in [-0.05, 0) is 38.0 Å². The molecule has 0 aromatic heterocycles. The maximum atomic E-state index is 11.3. The summed E-state index contributed by atoms with van der Waals surface area (Å²) in [6, 6.07) is 0. The number of rotatable bonds is 6. The van der Waals surface area contributed by atoms with Crippen LogP contribution in [0.1, 0.15) is 32.1 Å². The van der Waals surface area contributed by atoms with Crippen molar-refractivity contribution >= 4 is 12.1 Å². The highest BCUT2D eigenvalue weighted by Crippen LogP contribution is 2.31. The summed E-state index contributed by atoms with van der Waals surface area (Å²) in [4.78, 5) is 21.6. The highest BCUT2D eigenvalue weighted by atomic mass is 16.6. The average molecular weight is 241 g/mol. The van der Waals surface area contributed by atoms with Crippen molar-refractivity contribution in [1.82, 2.24) is 5.32 Å². The second-order valence-electron chi connectivity index (χ2n) is 4.25. The predicted molar refractivity (Wildman–Crippen MR) is 62.7 cm³/mol. The van der Waals surface area contributed by atoms with E-state index >= 15 is 0 Å². The monoisotopic (exact) mass is 241 g/mol. The van der Waals surface area contributed by atoms with Crippen LogP contribution in [0.5, 0.6) is 0 Å². The van der Waals surface area contributed by atoms with Crippen LogP contribution >= 0.6 is 0 Å². The Balaban J connectivity index is 2.30. The van der Waals surface area contributed by atoms with Crippen LogP contribution in [0.25, 0.3) is 0 Å². The van der Waals surface area contributed by atoms with Gasteiger partial charge in [-0.25, -0.2) is 4.79 Å². The fraction of sp³-hybridized carbons (Fsp3) is 0.667. The second-order valence-corrected chi connectivity index (χ2v) is 4.25. The topological polar surface area (TPSA) is 75.6 Å². The Morgan fingerprint density at radius 2 is 2.24 bits per heavy atom. The van der Waals surface area contributed by atoms with E-state index in [9.17, 15) is 9.59 Å². The molecule has 2 N–H and O–H groups in total. The van der Waals surface area contributed by atoms with Crippen LogP contribution in [0, 0.1) is 5.92 Å². The summed E-state index contributed by atoms with van der Waals surface area (Å²) >= 11 is 0. The fourth-order valence-electron chi connectivity index (χ4n) is 2.15. The molecule has 1 aliphatic carbocycles. The molecule has 2 atom stereocenters. The number of hydrogen-bond donors (Lipinski definition) is 2. The number of carboxylic acid groups (broad SMARTS) is 1. The van der Waals surface area contributed by atoms with Gasteiger partial charge in [0.1, 0.15) is 12.6 Å². The maximum Gasteiger partial charge on any atom is 0.407 e. The molecule has 0 aliphatic heterocycles. The zero-order chi connectivity index (χ0) is 12.7. The Morgan fingerprint density at radius 3 is 2.88 bits per heavy atom. The molecule has 2 unspecified atom stereocenters. The quantitative estimate of drug-likeness (QED) is 0.697. The van der Waals surface area contributed by atoms with E-state index in [1.54, 1.807) is 0 Å². The summed E-state index contributed by atoms with van der Waals surface area (Å²) in [5.74, 6) is -0.694. The van der Waals surface area contributed by atoms with Crippen LogP contribution in [-0.2, 0) is 9.53 Å². The lowest BCUT2D eigenvalue weighted by Crippen LogP contribution is -2.34. The smallest absolute Gasteiger partial charge is 0.407 e. The highest BCUT2D eigenvalue weighted by molar-refractivity contribution is 5.76. The van der Waals surface area contributed by atoms with Crippen molar-refractivity contribution in [2.45, 2.75) is 38.2 Å². The van der Waals surface area contributed by atoms with Crippen molar-refractivity contribution in [3.8, 4) is 0 Å². The number of nitrogens with one attached hydrogen (secondary N) is 1. The number of amides is 1. The third kappa shape index (κ3) is 4.89. The molecule has 5 heteroatoms. The van der Waals surface area contributed by atoms with Gasteiger partial charge in [-0.15, -0.1) is 6.58 Å². The summed E-state index contributed by atoms with van der Waals surface area (Å²) < 4.78 is 5.22. The Hall–Kier alpha value is -1.52. The third-order valence-electron chi connectivity index (χ3n) is 2.97. The molecule has 1 rings (SSSR count). The van der Waals surface area contributed by atoms with Crippen molar-refractivity contribution in [1.29, 1.82) is 0 Å². The van der Waals surface area contributed by atoms with Crippen LogP contribution in [0.3, 0.4) is 0 Å². The fourth-order valence-corrected chi connectivity index (χ4v) is 2.15. The van der Waals surface area contributed by atoms with E-state index in [0.29, 0.717) is 5.92 Å². The summed E-state index contributed by atoms with van der Waals surface area (Å²) in [5, 5.41) is 10.6. The van der Waals surface area contributed by atoms with E-state index < -0.39 is 18.6 Å². The van der Waals surface area contributed by atoms with Crippen molar-refractivity contribution in [2.24, 2.45) is 5.92 Å². The van der Waals surface area contributed by atoms with Gasteiger partial charge >= 0.3 is 12.1 Å². The van der Waals surface area contributed by atoms with Gasteiger partial charge < -0.3 is 15.2 Å². The lowest BCUT2D eigenvalue weighted by atomic mass is 10.00. The molecule has 0 bridgehead atoms. The SMILES string of the molecule is C=CCCC1CCCC1OC(=O)NCC(=O)O. The second kappa shape index (κ2) is 6.93. The largest absolute Gasteiger partial charge is 0.480 e. The Morgan fingerprint density at radius 1 is 1.47 bits per heavy atom. The molecule has 96 valence electrons. The van der Waals surface area contributed by atoms with Gasteiger partial charge in [0.15, 0.2) is 0 Å². The van der Waals surface area contributed by atoms with Crippen LogP contribution < -0.4 is 5.32 Å². The van der Waals surface area contributed by atoms with E-state index in [0.717, 1.165) is 32.1 Å². The Kier molecular flexibility index (Phi) is 5.52. The first-order valence-electron chi connectivity index (χ1n) is 5.90. The van der Waals surface area contributed by atoms with Crippen molar-refractivity contribution in [3.63, 3.8) is 0 Å². The maximum absolute atomic E-state index is 11.3. The van der Waals surface area contributed by atoms with Crippen molar-refractivity contribution < 1.29 is 19.4 Å². The molecule has 1 amide bonds. The molecule has 5 nitrogen and oxygen atoms in total. The van der Waals surface area contributed by atoms with Gasteiger partial charge in [0, 0.05) is 0 Å². The van der Waals surface area contributed by atoms with Crippen molar-refractivity contribution in [2.75, 3.05) is 6.54 Å². The number of ether oxygens (including phenoxy) is 1. The van der Waals surface area contributed by atoms with Gasteiger partial charge in [-0.3, -0.25) is 4.79 Å². The van der Waals surface area contributed by atoms with Gasteiger partial charge in [0.2, 0.25) is 0 Å². The molecule has 17 heavy (non-hydrogen) atoms. The molecule has 0 aromatic carbocycles. The first-order chi connectivity index (χ1) is 8.13. The van der Waals surface area contributed by atoms with Gasteiger partial charge in [0.05, 0.1) is 0 Å². The van der Waals surface area contributed by atoms with Crippen LogP contribution in [0.2, 0.25) is 0 Å². The minimum atomic E-state index is -1.07. The molecular weight excluding hydrogens is 222 g/mol. The normalized spacial score (nSPS) is 23.1. The molecule has 0 aromatic rings. The minimum absolute atomic E-state index is 0.0799. The van der Waals surface area contributed by atoms with Crippen LogP contribution in [-0.4, -0.2) is 29.8 Å². The number of aliphatic carboxylic acids is 1. The first kappa shape index (κ1) is 13.5. The van der Waals surface area contributed by atoms with Gasteiger partial charge in [-0.1, -0.05) is 6.08 Å². The zero-order valence-corrected chi connectivity index (χ0v) is 9.85. The summed E-state index contributed by atoms with van der Waals surface area (Å²) in [7, 11) is 0. The Bertz CT molecular complexity index is 290. The average Bonchev–Trinajstić information content (AvgIpc) is 2.71. The number of alkyl carbamates (subject to hydrolysis) is 1. The molecule has 0 saturated heterocycles. The van der Waals surface area contributed by atoms with Gasteiger partial charge in [0.25, 0.3) is 0 Å². The molecule has 1 aliphatic rings. The summed E-state index contributed by atoms with van der Waals surface area (Å²) in [6.45, 7) is 3.27. The number of carbonyl (C=O) groups is 2. The summed E-state index contributed by atoms with van der Waals surface area (Å²) in [6.07, 6.45) is 6.01. The molecule has 1 saturated carbocycles. The van der Waals surface area contributed by atoms with Gasteiger partial charge in [-0.2, -0.15) is 0 Å². The first-order valence-corrected chi connectivity index (χ1v) is 5.90. The predicted octanol–water partition coefficient (Wildman–Crippen LogP) is 1.93. The van der Waals surface area contributed by atoms with Crippen LogP contribution in [0.15, 0.2) is 12.7 Å². The molecule has 0 radical (unpaired) electrons. The molecule has 0 spiro atoms.